The lowest BCUT2D eigenvalue weighted by Gasteiger charge is -2.20. The Balaban J connectivity index is 3.17. The van der Waals surface area contributed by atoms with E-state index in [2.05, 4.69) is 10.0 Å². The Kier molecular flexibility index (Phi) is 5.68. The maximum absolute atomic E-state index is 12.3. The molecule has 0 saturated carbocycles. The lowest BCUT2D eigenvalue weighted by molar-refractivity contribution is -0.384. The van der Waals surface area contributed by atoms with Crippen LogP contribution in [0.1, 0.15) is 27.2 Å². The third-order valence-corrected chi connectivity index (χ3v) is 4.78. The smallest absolute Gasteiger partial charge is 0.292 e. The number of hydrogen-bond acceptors (Lipinski definition) is 5. The van der Waals surface area contributed by atoms with E-state index in [0.717, 1.165) is 0 Å². The summed E-state index contributed by atoms with van der Waals surface area (Å²) in [6, 6.07) is 3.53. The van der Waals surface area contributed by atoms with Crippen LogP contribution in [-0.4, -0.2) is 26.4 Å². The molecular formula is C13H21N3O4S. The van der Waals surface area contributed by atoms with Gasteiger partial charge in [0.15, 0.2) is 0 Å². The van der Waals surface area contributed by atoms with Crippen LogP contribution in [0.2, 0.25) is 0 Å². The summed E-state index contributed by atoms with van der Waals surface area (Å²) in [5, 5.41) is 13.5. The first kappa shape index (κ1) is 17.4. The summed E-state index contributed by atoms with van der Waals surface area (Å²) in [6.45, 7) is 5.78. The van der Waals surface area contributed by atoms with Crippen molar-refractivity contribution in [3.63, 3.8) is 0 Å². The molecule has 0 aliphatic heterocycles. The van der Waals surface area contributed by atoms with E-state index in [9.17, 15) is 18.5 Å². The number of nitro groups is 1. The van der Waals surface area contributed by atoms with Gasteiger partial charge in [-0.1, -0.05) is 20.8 Å². The molecular weight excluding hydrogens is 294 g/mol. The Labute approximate surface area is 124 Å². The molecule has 0 heterocycles. The second-order valence-electron chi connectivity index (χ2n) is 5.07. The number of benzene rings is 1. The van der Waals surface area contributed by atoms with E-state index in [4.69, 9.17) is 0 Å². The first-order chi connectivity index (χ1) is 9.72. The molecule has 0 radical (unpaired) electrons. The number of sulfonamides is 1. The van der Waals surface area contributed by atoms with Crippen molar-refractivity contribution >= 4 is 21.4 Å². The first-order valence-electron chi connectivity index (χ1n) is 6.71. The van der Waals surface area contributed by atoms with Gasteiger partial charge < -0.3 is 5.32 Å². The highest BCUT2D eigenvalue weighted by molar-refractivity contribution is 7.89. The largest absolute Gasteiger partial charge is 0.383 e. The molecule has 0 bridgehead atoms. The van der Waals surface area contributed by atoms with Crippen molar-refractivity contribution in [2.45, 2.75) is 38.1 Å². The monoisotopic (exact) mass is 315 g/mol. The van der Waals surface area contributed by atoms with Gasteiger partial charge in [-0.15, -0.1) is 0 Å². The van der Waals surface area contributed by atoms with Crippen molar-refractivity contribution in [2.24, 2.45) is 5.92 Å². The molecule has 1 atom stereocenters. The van der Waals surface area contributed by atoms with E-state index < -0.39 is 14.9 Å². The van der Waals surface area contributed by atoms with Gasteiger partial charge in [-0.05, 0) is 24.5 Å². The molecule has 0 fully saturated rings. The third kappa shape index (κ3) is 4.15. The topological polar surface area (TPSA) is 101 Å². The number of rotatable bonds is 7. The minimum absolute atomic E-state index is 0.0107. The fraction of sp³-hybridized carbons (Fsp3) is 0.538. The molecule has 0 amide bonds. The van der Waals surface area contributed by atoms with Gasteiger partial charge in [-0.25, -0.2) is 13.1 Å². The Bertz CT molecular complexity index is 614. The van der Waals surface area contributed by atoms with E-state index in [1.165, 1.54) is 25.2 Å². The van der Waals surface area contributed by atoms with E-state index in [1.54, 1.807) is 0 Å². The number of hydrogen-bond donors (Lipinski definition) is 2. The molecule has 21 heavy (non-hydrogen) atoms. The van der Waals surface area contributed by atoms with Gasteiger partial charge in [0.25, 0.3) is 5.69 Å². The van der Waals surface area contributed by atoms with E-state index >= 15 is 0 Å². The molecule has 8 heteroatoms. The average molecular weight is 315 g/mol. The summed E-state index contributed by atoms with van der Waals surface area (Å²) in [5.74, 6) is 0.159. The van der Waals surface area contributed by atoms with Crippen molar-refractivity contribution in [3.05, 3.63) is 28.3 Å². The van der Waals surface area contributed by atoms with Crippen LogP contribution in [0, 0.1) is 16.0 Å². The maximum Gasteiger partial charge on any atom is 0.292 e. The lowest BCUT2D eigenvalue weighted by atomic mass is 10.0. The van der Waals surface area contributed by atoms with Crippen molar-refractivity contribution in [3.8, 4) is 0 Å². The number of nitro benzene ring substituents is 1. The number of anilines is 1. The quantitative estimate of drug-likeness (QED) is 0.594. The predicted molar refractivity (Wildman–Crippen MR) is 81.9 cm³/mol. The van der Waals surface area contributed by atoms with Gasteiger partial charge in [0.2, 0.25) is 10.0 Å². The summed E-state index contributed by atoms with van der Waals surface area (Å²) in [6.07, 6.45) is 0.669. The second-order valence-corrected chi connectivity index (χ2v) is 6.78. The molecule has 1 aromatic carbocycles. The first-order valence-corrected chi connectivity index (χ1v) is 8.19. The maximum atomic E-state index is 12.3. The van der Waals surface area contributed by atoms with Gasteiger partial charge in [0.1, 0.15) is 5.69 Å². The van der Waals surface area contributed by atoms with Crippen LogP contribution in [0.5, 0.6) is 0 Å². The van der Waals surface area contributed by atoms with Crippen molar-refractivity contribution in [1.29, 1.82) is 0 Å². The molecule has 1 unspecified atom stereocenters. The molecule has 0 aromatic heterocycles. The summed E-state index contributed by atoms with van der Waals surface area (Å²) >= 11 is 0. The third-order valence-electron chi connectivity index (χ3n) is 3.30. The highest BCUT2D eigenvalue weighted by atomic mass is 32.2. The molecule has 0 aliphatic rings. The van der Waals surface area contributed by atoms with Crippen molar-refractivity contribution < 1.29 is 13.3 Å². The van der Waals surface area contributed by atoms with Crippen LogP contribution in [0.15, 0.2) is 23.1 Å². The fourth-order valence-corrected chi connectivity index (χ4v) is 3.49. The zero-order chi connectivity index (χ0) is 16.2. The highest BCUT2D eigenvalue weighted by Gasteiger charge is 2.23. The van der Waals surface area contributed by atoms with Crippen molar-refractivity contribution in [1.82, 2.24) is 4.72 Å². The summed E-state index contributed by atoms with van der Waals surface area (Å²) in [7, 11) is -2.20. The second kappa shape index (κ2) is 6.86. The normalized spacial score (nSPS) is 13.2. The molecule has 118 valence electrons. The number of nitrogens with one attached hydrogen (secondary N) is 2. The number of nitrogens with zero attached hydrogens (tertiary/aromatic N) is 1. The van der Waals surface area contributed by atoms with Gasteiger partial charge in [-0.2, -0.15) is 0 Å². The molecule has 7 nitrogen and oxygen atoms in total. The Morgan fingerprint density at radius 3 is 2.38 bits per heavy atom. The summed E-state index contributed by atoms with van der Waals surface area (Å²) < 4.78 is 27.3. The van der Waals surface area contributed by atoms with Crippen LogP contribution in [0.25, 0.3) is 0 Å². The van der Waals surface area contributed by atoms with E-state index in [-0.39, 0.29) is 28.2 Å². The van der Waals surface area contributed by atoms with Crippen LogP contribution in [-0.2, 0) is 10.0 Å². The van der Waals surface area contributed by atoms with Crippen LogP contribution in [0.4, 0.5) is 11.4 Å². The zero-order valence-electron chi connectivity index (χ0n) is 12.6. The Morgan fingerprint density at radius 1 is 1.33 bits per heavy atom. The Morgan fingerprint density at radius 2 is 1.95 bits per heavy atom. The molecule has 0 spiro atoms. The minimum Gasteiger partial charge on any atom is -0.383 e. The predicted octanol–water partition coefficient (Wildman–Crippen LogP) is 2.35. The van der Waals surface area contributed by atoms with Crippen LogP contribution < -0.4 is 10.0 Å². The van der Waals surface area contributed by atoms with Gasteiger partial charge in [0.05, 0.1) is 9.82 Å². The average Bonchev–Trinajstić information content (AvgIpc) is 2.43. The molecule has 1 rings (SSSR count). The Hall–Kier alpha value is -1.67. The minimum atomic E-state index is -3.70. The summed E-state index contributed by atoms with van der Waals surface area (Å²) in [5.41, 5.74) is 0.00724. The van der Waals surface area contributed by atoms with Crippen molar-refractivity contribution in [2.75, 3.05) is 12.4 Å². The van der Waals surface area contributed by atoms with E-state index in [0.29, 0.717) is 6.42 Å². The van der Waals surface area contributed by atoms with Gasteiger partial charge in [0, 0.05) is 19.2 Å². The summed E-state index contributed by atoms with van der Waals surface area (Å²) in [4.78, 5) is 10.3. The van der Waals surface area contributed by atoms with Gasteiger partial charge >= 0.3 is 0 Å². The van der Waals surface area contributed by atoms with Crippen LogP contribution >= 0.6 is 0 Å². The fourth-order valence-electron chi connectivity index (χ4n) is 2.00. The lowest BCUT2D eigenvalue weighted by Crippen LogP contribution is -2.37. The van der Waals surface area contributed by atoms with Crippen LogP contribution in [0.3, 0.4) is 0 Å². The SMILES string of the molecule is CCC(NS(=O)(=O)c1ccc([N+](=O)[O-])c(NC)c1)C(C)C. The van der Waals surface area contributed by atoms with Gasteiger partial charge in [-0.3, -0.25) is 10.1 Å². The molecule has 1 aromatic rings. The highest BCUT2D eigenvalue weighted by Crippen LogP contribution is 2.27. The molecule has 2 N–H and O–H groups in total. The molecule has 0 saturated heterocycles. The molecule has 0 aliphatic carbocycles. The van der Waals surface area contributed by atoms with E-state index in [1.807, 2.05) is 20.8 Å². The zero-order valence-corrected chi connectivity index (χ0v) is 13.4. The standard InChI is InChI=1S/C13H21N3O4S/c1-5-11(9(2)3)15-21(19,20)10-6-7-13(16(17)18)12(8-10)14-4/h6-9,11,14-15H,5H2,1-4H3.